The molecule has 1 aromatic rings. The van der Waals surface area contributed by atoms with E-state index in [2.05, 4.69) is 0 Å². The van der Waals surface area contributed by atoms with Crippen molar-refractivity contribution in [1.29, 1.82) is 0 Å². The van der Waals surface area contributed by atoms with Gasteiger partial charge in [-0.05, 0) is 26.7 Å². The minimum atomic E-state index is -3.43. The topological polar surface area (TPSA) is 50.5 Å². The summed E-state index contributed by atoms with van der Waals surface area (Å²) in [4.78, 5) is 0.252. The fourth-order valence-electron chi connectivity index (χ4n) is 2.24. The number of nitrogens with zero attached hydrogens (tertiary/aromatic N) is 1. The molecule has 1 unspecified atom stereocenters. The van der Waals surface area contributed by atoms with Gasteiger partial charge in [0, 0.05) is 18.7 Å². The summed E-state index contributed by atoms with van der Waals surface area (Å²) in [5, 5.41) is 0. The van der Waals surface area contributed by atoms with Crippen molar-refractivity contribution in [1.82, 2.24) is 4.31 Å². The lowest BCUT2D eigenvalue weighted by Gasteiger charge is -2.20. The third-order valence-electron chi connectivity index (χ3n) is 3.13. The van der Waals surface area contributed by atoms with Crippen LogP contribution in [0.25, 0.3) is 0 Å². The molecule has 1 fully saturated rings. The molecular formula is C11H16ClNO3S. The maximum atomic E-state index is 12.4. The van der Waals surface area contributed by atoms with Gasteiger partial charge in [0.1, 0.15) is 16.4 Å². The summed E-state index contributed by atoms with van der Waals surface area (Å²) >= 11 is 5.65. The first-order chi connectivity index (χ1) is 7.96. The summed E-state index contributed by atoms with van der Waals surface area (Å²) < 4.78 is 31.7. The zero-order valence-corrected chi connectivity index (χ0v) is 11.5. The third-order valence-corrected chi connectivity index (χ3v) is 5.52. The van der Waals surface area contributed by atoms with Gasteiger partial charge in [0.25, 0.3) is 0 Å². The molecule has 1 atom stereocenters. The molecule has 0 amide bonds. The fourth-order valence-corrected chi connectivity index (χ4v) is 4.25. The molecular weight excluding hydrogens is 262 g/mol. The largest absolute Gasteiger partial charge is 0.464 e. The predicted octanol–water partition coefficient (Wildman–Crippen LogP) is 2.50. The minimum Gasteiger partial charge on any atom is -0.464 e. The van der Waals surface area contributed by atoms with Crippen molar-refractivity contribution in [3.8, 4) is 0 Å². The highest BCUT2D eigenvalue weighted by atomic mass is 35.5. The van der Waals surface area contributed by atoms with Gasteiger partial charge in [-0.25, -0.2) is 8.42 Å². The first-order valence-corrected chi connectivity index (χ1v) is 7.61. The normalized spacial score (nSPS) is 22.2. The summed E-state index contributed by atoms with van der Waals surface area (Å²) in [6, 6.07) is 1.59. The number of furan rings is 1. The highest BCUT2D eigenvalue weighted by molar-refractivity contribution is 7.89. The molecule has 1 aliphatic heterocycles. The van der Waals surface area contributed by atoms with E-state index in [1.807, 2.05) is 6.92 Å². The Bertz CT molecular complexity index is 509. The van der Waals surface area contributed by atoms with Gasteiger partial charge in [-0.15, -0.1) is 11.6 Å². The second-order valence-electron chi connectivity index (χ2n) is 4.37. The Morgan fingerprint density at radius 1 is 1.59 bits per heavy atom. The Kier molecular flexibility index (Phi) is 3.52. The molecule has 0 N–H and O–H groups in total. The molecule has 17 heavy (non-hydrogen) atoms. The van der Waals surface area contributed by atoms with Crippen molar-refractivity contribution in [2.45, 2.75) is 43.5 Å². The first-order valence-electron chi connectivity index (χ1n) is 5.64. The van der Waals surface area contributed by atoms with E-state index in [-0.39, 0.29) is 16.8 Å². The molecule has 2 rings (SSSR count). The lowest BCUT2D eigenvalue weighted by atomic mass is 10.3. The average Bonchev–Trinajstić information content (AvgIpc) is 2.84. The second-order valence-corrected chi connectivity index (χ2v) is 6.50. The molecule has 96 valence electrons. The Morgan fingerprint density at radius 2 is 2.29 bits per heavy atom. The van der Waals surface area contributed by atoms with E-state index in [1.54, 1.807) is 11.2 Å². The van der Waals surface area contributed by atoms with Gasteiger partial charge in [0.2, 0.25) is 10.0 Å². The zero-order chi connectivity index (χ0) is 12.6. The number of halogens is 1. The summed E-state index contributed by atoms with van der Waals surface area (Å²) in [7, 11) is -3.43. The number of hydrogen-bond acceptors (Lipinski definition) is 3. The second kappa shape index (κ2) is 4.63. The number of sulfonamides is 1. The Hall–Kier alpha value is -0.520. The molecule has 0 aliphatic carbocycles. The van der Waals surface area contributed by atoms with Gasteiger partial charge in [0.15, 0.2) is 0 Å². The Balaban J connectivity index is 2.40. The summed E-state index contributed by atoms with van der Waals surface area (Å²) in [5.74, 6) is 1.10. The standard InChI is InChI=1S/C11H16ClNO3S/c1-8-4-3-5-13(8)17(14,15)11-6-10(7-12)16-9(11)2/h6,8H,3-5,7H2,1-2H3. The molecule has 6 heteroatoms. The zero-order valence-electron chi connectivity index (χ0n) is 9.94. The smallest absolute Gasteiger partial charge is 0.246 e. The number of hydrogen-bond donors (Lipinski definition) is 0. The van der Waals surface area contributed by atoms with E-state index in [1.165, 1.54) is 6.07 Å². The van der Waals surface area contributed by atoms with Gasteiger partial charge >= 0.3 is 0 Å². The number of alkyl halides is 1. The monoisotopic (exact) mass is 277 g/mol. The highest BCUT2D eigenvalue weighted by Crippen LogP contribution is 2.29. The fraction of sp³-hybridized carbons (Fsp3) is 0.636. The lowest BCUT2D eigenvalue weighted by Crippen LogP contribution is -2.33. The third kappa shape index (κ3) is 2.23. The Morgan fingerprint density at radius 3 is 2.76 bits per heavy atom. The van der Waals surface area contributed by atoms with Crippen molar-refractivity contribution < 1.29 is 12.8 Å². The van der Waals surface area contributed by atoms with Crippen LogP contribution in [-0.4, -0.2) is 25.3 Å². The molecule has 2 heterocycles. The van der Waals surface area contributed by atoms with Crippen LogP contribution in [0.4, 0.5) is 0 Å². The van der Waals surface area contributed by atoms with E-state index in [0.717, 1.165) is 12.8 Å². The van der Waals surface area contributed by atoms with Crippen LogP contribution >= 0.6 is 11.6 Å². The predicted molar refractivity (Wildman–Crippen MR) is 65.6 cm³/mol. The van der Waals surface area contributed by atoms with Crippen molar-refractivity contribution in [3.63, 3.8) is 0 Å². The molecule has 0 bridgehead atoms. The van der Waals surface area contributed by atoms with Crippen LogP contribution in [0.1, 0.15) is 31.3 Å². The van der Waals surface area contributed by atoms with Crippen LogP contribution in [0, 0.1) is 6.92 Å². The quantitative estimate of drug-likeness (QED) is 0.798. The molecule has 0 saturated carbocycles. The van der Waals surface area contributed by atoms with E-state index < -0.39 is 10.0 Å². The molecule has 1 aromatic heterocycles. The molecule has 1 saturated heterocycles. The number of rotatable bonds is 3. The average molecular weight is 278 g/mol. The van der Waals surface area contributed by atoms with Crippen LogP contribution in [0.3, 0.4) is 0 Å². The minimum absolute atomic E-state index is 0.0637. The van der Waals surface area contributed by atoms with E-state index in [4.69, 9.17) is 16.0 Å². The summed E-state index contributed by atoms with van der Waals surface area (Å²) in [5.41, 5.74) is 0. The summed E-state index contributed by atoms with van der Waals surface area (Å²) in [6.07, 6.45) is 1.83. The van der Waals surface area contributed by atoms with Crippen LogP contribution in [0.15, 0.2) is 15.4 Å². The van der Waals surface area contributed by atoms with Gasteiger partial charge in [-0.3, -0.25) is 0 Å². The Labute approximate surface area is 107 Å². The van der Waals surface area contributed by atoms with Crippen molar-refractivity contribution >= 4 is 21.6 Å². The van der Waals surface area contributed by atoms with Gasteiger partial charge in [-0.1, -0.05) is 0 Å². The highest BCUT2D eigenvalue weighted by Gasteiger charge is 2.34. The molecule has 0 radical (unpaired) electrons. The van der Waals surface area contributed by atoms with Crippen LogP contribution in [-0.2, 0) is 15.9 Å². The van der Waals surface area contributed by atoms with Crippen molar-refractivity contribution in [2.24, 2.45) is 0 Å². The van der Waals surface area contributed by atoms with Crippen LogP contribution < -0.4 is 0 Å². The van der Waals surface area contributed by atoms with Crippen molar-refractivity contribution in [2.75, 3.05) is 6.54 Å². The number of aryl methyl sites for hydroxylation is 1. The SMILES string of the molecule is Cc1oc(CCl)cc1S(=O)(=O)N1CCCC1C. The van der Waals surface area contributed by atoms with Crippen LogP contribution in [0.5, 0.6) is 0 Å². The van der Waals surface area contributed by atoms with E-state index >= 15 is 0 Å². The van der Waals surface area contributed by atoms with Gasteiger partial charge in [-0.2, -0.15) is 4.31 Å². The van der Waals surface area contributed by atoms with Gasteiger partial charge in [0.05, 0.1) is 5.88 Å². The van der Waals surface area contributed by atoms with E-state index in [9.17, 15) is 8.42 Å². The lowest BCUT2D eigenvalue weighted by molar-refractivity contribution is 0.406. The molecule has 0 spiro atoms. The molecule has 0 aromatic carbocycles. The van der Waals surface area contributed by atoms with E-state index in [0.29, 0.717) is 18.1 Å². The molecule has 1 aliphatic rings. The molecule has 4 nitrogen and oxygen atoms in total. The summed E-state index contributed by atoms with van der Waals surface area (Å²) in [6.45, 7) is 4.18. The maximum Gasteiger partial charge on any atom is 0.246 e. The van der Waals surface area contributed by atoms with Gasteiger partial charge < -0.3 is 4.42 Å². The van der Waals surface area contributed by atoms with Crippen molar-refractivity contribution in [3.05, 3.63) is 17.6 Å². The first kappa shape index (κ1) is 12.9. The maximum absolute atomic E-state index is 12.4. The van der Waals surface area contributed by atoms with Crippen LogP contribution in [0.2, 0.25) is 0 Å².